The van der Waals surface area contributed by atoms with Crippen LogP contribution < -0.4 is 0 Å². The van der Waals surface area contributed by atoms with E-state index in [4.69, 9.17) is 14.1 Å². The molecule has 4 nitrogen and oxygen atoms in total. The summed E-state index contributed by atoms with van der Waals surface area (Å²) in [6, 6.07) is 65.6. The number of rotatable bonds is 8. The van der Waals surface area contributed by atoms with Crippen LogP contribution in [0.4, 0.5) is 0 Å². The quantitative estimate of drug-likeness (QED) is 0.165. The van der Waals surface area contributed by atoms with Crippen molar-refractivity contribution in [1.82, 2.24) is 14.5 Å². The molecule has 328 valence electrons. The Bertz CT molecular complexity index is 3530. The van der Waals surface area contributed by atoms with Crippen molar-refractivity contribution >= 4 is 11.0 Å². The Morgan fingerprint density at radius 3 is 1.72 bits per heavy atom. The summed E-state index contributed by atoms with van der Waals surface area (Å²) in [6.07, 6.45) is 1.86. The number of aromatic hydroxyl groups is 1. The van der Waals surface area contributed by atoms with E-state index in [-0.39, 0.29) is 16.7 Å². The lowest BCUT2D eigenvalue weighted by Crippen LogP contribution is -2.12. The molecule has 10 rings (SSSR count). The molecule has 0 unspecified atom stereocenters. The highest BCUT2D eigenvalue weighted by Crippen LogP contribution is 2.45. The molecule has 10 aromatic rings. The SMILES string of the molecule is [2H]C([2H])([2H])c1cc(-n2c(-c3cccc(C(C)(C)C)c3O)nc3c(-c4cc(-c5ccccc5)cc(-c5cc(-c6ccccc6)ccn5)c4)cccc32)c(-c2ccccc2)cc1-c1ccc(C(C)(C)C)cc1. The summed E-state index contributed by atoms with van der Waals surface area (Å²) in [4.78, 5) is 10.5. The van der Waals surface area contributed by atoms with E-state index in [0.717, 1.165) is 78.0 Å². The molecule has 4 heteroatoms. The van der Waals surface area contributed by atoms with E-state index in [9.17, 15) is 5.11 Å². The van der Waals surface area contributed by atoms with Crippen molar-refractivity contribution in [1.29, 1.82) is 0 Å². The van der Waals surface area contributed by atoms with Gasteiger partial charge >= 0.3 is 0 Å². The standard InChI is InChI=1S/C63H55N3O/c1-41-35-58(54(44-23-15-10-16-24-44)40-53(41)45-29-31-50(32-30-45)62(2,3)4)66-57-28-18-25-51(59(57)65-61(66)52-26-17-27-55(60(52)67)63(5,6)7)48-36-47(43-21-13-9-14-22-43)37-49(38-48)56-39-46(33-34-64-56)42-19-11-8-12-20-42/h8-40,67H,1-7H3/i1D3. The third-order valence-corrected chi connectivity index (χ3v) is 12.8. The minimum Gasteiger partial charge on any atom is -0.507 e. The Morgan fingerprint density at radius 2 is 1.06 bits per heavy atom. The van der Waals surface area contributed by atoms with Crippen LogP contribution in [0.25, 0.3) is 95.0 Å². The number of aryl methyl sites for hydroxylation is 1. The summed E-state index contributed by atoms with van der Waals surface area (Å²) >= 11 is 0. The van der Waals surface area contributed by atoms with Gasteiger partial charge in [0.05, 0.1) is 28.0 Å². The molecular formula is C63H55N3O. The van der Waals surface area contributed by atoms with Gasteiger partial charge in [-0.25, -0.2) is 4.98 Å². The van der Waals surface area contributed by atoms with Gasteiger partial charge in [0.1, 0.15) is 11.6 Å². The smallest absolute Gasteiger partial charge is 0.149 e. The summed E-state index contributed by atoms with van der Waals surface area (Å²) in [5, 5.41) is 12.4. The van der Waals surface area contributed by atoms with Gasteiger partial charge in [0.25, 0.3) is 0 Å². The van der Waals surface area contributed by atoms with Crippen LogP contribution in [0.5, 0.6) is 5.75 Å². The van der Waals surface area contributed by atoms with Gasteiger partial charge in [0.2, 0.25) is 0 Å². The Morgan fingerprint density at radius 1 is 0.463 bits per heavy atom. The van der Waals surface area contributed by atoms with Crippen LogP contribution in [0.15, 0.2) is 200 Å². The monoisotopic (exact) mass is 872 g/mol. The summed E-state index contributed by atoms with van der Waals surface area (Å²) in [7, 11) is 0. The zero-order chi connectivity index (χ0) is 49.0. The van der Waals surface area contributed by atoms with Gasteiger partial charge in [0, 0.05) is 27.0 Å². The van der Waals surface area contributed by atoms with E-state index in [0.29, 0.717) is 28.2 Å². The second-order valence-electron chi connectivity index (χ2n) is 19.5. The molecule has 0 spiro atoms. The van der Waals surface area contributed by atoms with E-state index in [1.807, 2.05) is 121 Å². The first-order chi connectivity index (χ1) is 33.5. The van der Waals surface area contributed by atoms with Crippen molar-refractivity contribution in [2.45, 2.75) is 59.2 Å². The van der Waals surface area contributed by atoms with Gasteiger partial charge in [0.15, 0.2) is 0 Å². The van der Waals surface area contributed by atoms with Crippen molar-refractivity contribution < 1.29 is 9.22 Å². The minimum absolute atomic E-state index is 0.0766. The lowest BCUT2D eigenvalue weighted by Gasteiger charge is -2.23. The number of phenolic OH excluding ortho intramolecular Hbond substituents is 1. The molecule has 0 saturated carbocycles. The second-order valence-corrected chi connectivity index (χ2v) is 19.5. The molecule has 0 aliphatic rings. The van der Waals surface area contributed by atoms with Crippen LogP contribution in [0.2, 0.25) is 0 Å². The third-order valence-electron chi connectivity index (χ3n) is 12.8. The maximum Gasteiger partial charge on any atom is 0.149 e. The highest BCUT2D eigenvalue weighted by atomic mass is 16.3. The van der Waals surface area contributed by atoms with Crippen LogP contribution in [0.1, 0.15) is 62.3 Å². The number of phenols is 1. The lowest BCUT2D eigenvalue weighted by molar-refractivity contribution is 0.448. The van der Waals surface area contributed by atoms with Crippen LogP contribution in [0, 0.1) is 6.85 Å². The molecule has 0 amide bonds. The van der Waals surface area contributed by atoms with E-state index in [2.05, 4.69) is 125 Å². The van der Waals surface area contributed by atoms with Gasteiger partial charge in [-0.15, -0.1) is 0 Å². The van der Waals surface area contributed by atoms with Crippen molar-refractivity contribution in [2.75, 3.05) is 0 Å². The molecule has 0 saturated heterocycles. The highest BCUT2D eigenvalue weighted by Gasteiger charge is 2.27. The average molecular weight is 873 g/mol. The number of pyridine rings is 1. The molecule has 2 aromatic heterocycles. The fourth-order valence-electron chi connectivity index (χ4n) is 9.22. The van der Waals surface area contributed by atoms with Gasteiger partial charge in [-0.1, -0.05) is 181 Å². The molecule has 2 heterocycles. The zero-order valence-electron chi connectivity index (χ0n) is 41.8. The predicted molar refractivity (Wildman–Crippen MR) is 281 cm³/mol. The molecule has 0 bridgehead atoms. The number of nitrogens with zero attached hydrogens (tertiary/aromatic N) is 3. The lowest BCUT2D eigenvalue weighted by atomic mass is 9.85. The second kappa shape index (κ2) is 17.2. The number of imidazole rings is 1. The van der Waals surface area contributed by atoms with Gasteiger partial charge in [-0.05, 0) is 133 Å². The van der Waals surface area contributed by atoms with Crippen molar-refractivity contribution in [2.24, 2.45) is 0 Å². The molecule has 0 fully saturated rings. The van der Waals surface area contributed by atoms with E-state index < -0.39 is 12.3 Å². The largest absolute Gasteiger partial charge is 0.507 e. The molecule has 8 aromatic carbocycles. The molecule has 0 atom stereocenters. The molecule has 1 N–H and O–H groups in total. The van der Waals surface area contributed by atoms with Crippen molar-refractivity contribution in [3.63, 3.8) is 0 Å². The van der Waals surface area contributed by atoms with Crippen LogP contribution in [0.3, 0.4) is 0 Å². The van der Waals surface area contributed by atoms with Gasteiger partial charge in [-0.2, -0.15) is 0 Å². The predicted octanol–water partition coefficient (Wildman–Crippen LogP) is 16.7. The van der Waals surface area contributed by atoms with E-state index in [1.54, 1.807) is 0 Å². The maximum absolute atomic E-state index is 12.4. The topological polar surface area (TPSA) is 50.9 Å². The van der Waals surface area contributed by atoms with Crippen molar-refractivity contribution in [3.8, 4) is 89.7 Å². The van der Waals surface area contributed by atoms with Crippen LogP contribution >= 0.6 is 0 Å². The number of fused-ring (bicyclic) bond motifs is 1. The molecule has 67 heavy (non-hydrogen) atoms. The number of aromatic nitrogens is 3. The number of hydrogen-bond donors (Lipinski definition) is 1. The number of hydrogen-bond acceptors (Lipinski definition) is 3. The fourth-order valence-corrected chi connectivity index (χ4v) is 9.22. The van der Waals surface area contributed by atoms with Crippen LogP contribution in [-0.2, 0) is 10.8 Å². The van der Waals surface area contributed by atoms with Crippen molar-refractivity contribution in [3.05, 3.63) is 217 Å². The molecule has 0 aliphatic carbocycles. The summed E-state index contributed by atoms with van der Waals surface area (Å²) in [5.74, 6) is 0.609. The first kappa shape index (κ1) is 39.5. The average Bonchev–Trinajstić information content (AvgIpc) is 3.75. The first-order valence-corrected chi connectivity index (χ1v) is 23.0. The molecule has 0 radical (unpaired) electrons. The fraction of sp³-hybridized carbons (Fsp3) is 0.143. The highest BCUT2D eigenvalue weighted by molar-refractivity contribution is 5.99. The Hall–Kier alpha value is -7.82. The van der Waals surface area contributed by atoms with E-state index in [1.165, 1.54) is 0 Å². The first-order valence-electron chi connectivity index (χ1n) is 24.5. The van der Waals surface area contributed by atoms with Gasteiger partial charge in [-0.3, -0.25) is 9.55 Å². The Kier molecular flexibility index (Phi) is 10.1. The number of benzene rings is 8. The van der Waals surface area contributed by atoms with Crippen LogP contribution in [-0.4, -0.2) is 19.6 Å². The Balaban J connectivity index is 1.28. The number of para-hydroxylation sites is 2. The maximum atomic E-state index is 12.4. The normalized spacial score (nSPS) is 12.7. The van der Waals surface area contributed by atoms with Gasteiger partial charge < -0.3 is 5.11 Å². The minimum atomic E-state index is -2.49. The summed E-state index contributed by atoms with van der Waals surface area (Å²) < 4.78 is 29.3. The molecule has 0 aliphatic heterocycles. The summed E-state index contributed by atoms with van der Waals surface area (Å²) in [5.41, 5.74) is 15.3. The molecular weight excluding hydrogens is 815 g/mol. The zero-order valence-corrected chi connectivity index (χ0v) is 38.8. The summed E-state index contributed by atoms with van der Waals surface area (Å²) in [6.45, 7) is 10.3. The third kappa shape index (κ3) is 8.36. The Labute approximate surface area is 399 Å². The van der Waals surface area contributed by atoms with E-state index >= 15 is 0 Å².